The first-order valence-electron chi connectivity index (χ1n) is 9.63. The fraction of sp³-hybridized carbons (Fsp3) is 1.00. The second-order valence-electron chi connectivity index (χ2n) is 7.69. The molecule has 21 heavy (non-hydrogen) atoms. The summed E-state index contributed by atoms with van der Waals surface area (Å²) in [6, 6.07) is 0. The highest BCUT2D eigenvalue weighted by atomic mass is 15.3. The molecule has 1 aliphatic carbocycles. The van der Waals surface area contributed by atoms with Crippen LogP contribution in [0.2, 0.25) is 0 Å². The predicted molar refractivity (Wildman–Crippen MR) is 92.8 cm³/mol. The van der Waals surface area contributed by atoms with Gasteiger partial charge in [-0.15, -0.1) is 0 Å². The summed E-state index contributed by atoms with van der Waals surface area (Å²) in [4.78, 5) is 2.94. The van der Waals surface area contributed by atoms with Crippen molar-refractivity contribution >= 4 is 0 Å². The molecule has 0 radical (unpaired) electrons. The molecular formula is C19H38N2. The zero-order chi connectivity index (χ0) is 15.3. The van der Waals surface area contributed by atoms with Crippen LogP contribution in [0.1, 0.15) is 85.5 Å². The molecule has 2 nitrogen and oxygen atoms in total. The van der Waals surface area contributed by atoms with E-state index in [0.29, 0.717) is 11.1 Å². The van der Waals surface area contributed by atoms with Crippen LogP contribution < -0.4 is 5.32 Å². The number of nitrogens with one attached hydrogen (secondary N) is 1. The molecule has 2 fully saturated rings. The second-order valence-corrected chi connectivity index (χ2v) is 7.69. The van der Waals surface area contributed by atoms with Gasteiger partial charge in [0.1, 0.15) is 0 Å². The topological polar surface area (TPSA) is 15.3 Å². The van der Waals surface area contributed by atoms with Gasteiger partial charge in [-0.05, 0) is 31.6 Å². The smallest absolute Gasteiger partial charge is 0.0335 e. The largest absolute Gasteiger partial charge is 0.308 e. The minimum atomic E-state index is 0.370. The lowest BCUT2D eigenvalue weighted by Gasteiger charge is -2.57. The second kappa shape index (κ2) is 7.46. The Bertz CT molecular complexity index is 299. The first-order chi connectivity index (χ1) is 10.1. The summed E-state index contributed by atoms with van der Waals surface area (Å²) < 4.78 is 0. The molecule has 1 heterocycles. The molecular weight excluding hydrogens is 256 g/mol. The van der Waals surface area contributed by atoms with Crippen LogP contribution in [0.25, 0.3) is 0 Å². The Morgan fingerprint density at radius 1 is 0.952 bits per heavy atom. The molecule has 1 aliphatic heterocycles. The van der Waals surface area contributed by atoms with Crippen molar-refractivity contribution in [3.8, 4) is 0 Å². The third-order valence-corrected chi connectivity index (χ3v) is 6.73. The molecule has 1 saturated carbocycles. The van der Waals surface area contributed by atoms with E-state index in [4.69, 9.17) is 0 Å². The highest BCUT2D eigenvalue weighted by Gasteiger charge is 2.46. The van der Waals surface area contributed by atoms with Gasteiger partial charge in [0.05, 0.1) is 0 Å². The zero-order valence-electron chi connectivity index (χ0n) is 15.0. The van der Waals surface area contributed by atoms with Crippen LogP contribution in [0.15, 0.2) is 0 Å². The van der Waals surface area contributed by atoms with Crippen molar-refractivity contribution in [2.75, 3.05) is 19.6 Å². The van der Waals surface area contributed by atoms with Gasteiger partial charge >= 0.3 is 0 Å². The van der Waals surface area contributed by atoms with Crippen molar-refractivity contribution in [1.29, 1.82) is 0 Å². The fourth-order valence-corrected chi connectivity index (χ4v) is 4.60. The van der Waals surface area contributed by atoms with E-state index >= 15 is 0 Å². The van der Waals surface area contributed by atoms with Crippen LogP contribution in [0.5, 0.6) is 0 Å². The zero-order valence-corrected chi connectivity index (χ0v) is 15.0. The summed E-state index contributed by atoms with van der Waals surface area (Å²) in [6.45, 7) is 13.3. The number of nitrogens with zero attached hydrogens (tertiary/aromatic N) is 1. The van der Waals surface area contributed by atoms with Crippen LogP contribution in [-0.4, -0.2) is 35.6 Å². The molecule has 0 unspecified atom stereocenters. The highest BCUT2D eigenvalue weighted by Crippen LogP contribution is 2.39. The Balaban J connectivity index is 2.16. The Morgan fingerprint density at radius 3 is 2.10 bits per heavy atom. The summed E-state index contributed by atoms with van der Waals surface area (Å²) in [6.07, 6.45) is 12.4. The van der Waals surface area contributed by atoms with Crippen LogP contribution in [0, 0.1) is 5.92 Å². The minimum Gasteiger partial charge on any atom is -0.308 e. The van der Waals surface area contributed by atoms with Crippen LogP contribution >= 0.6 is 0 Å². The normalized spacial score (nSPS) is 25.6. The maximum absolute atomic E-state index is 3.99. The van der Waals surface area contributed by atoms with Gasteiger partial charge in [0.25, 0.3) is 0 Å². The van der Waals surface area contributed by atoms with Crippen LogP contribution in [0.3, 0.4) is 0 Å². The van der Waals surface area contributed by atoms with Crippen LogP contribution in [-0.2, 0) is 0 Å². The summed E-state index contributed by atoms with van der Waals surface area (Å²) in [7, 11) is 0. The summed E-state index contributed by atoms with van der Waals surface area (Å²) in [5, 5.41) is 3.99. The Labute approximate surface area is 133 Å². The summed E-state index contributed by atoms with van der Waals surface area (Å²) >= 11 is 0. The quantitative estimate of drug-likeness (QED) is 0.771. The van der Waals surface area contributed by atoms with E-state index in [0.717, 1.165) is 5.92 Å². The minimum absolute atomic E-state index is 0.370. The van der Waals surface area contributed by atoms with E-state index in [-0.39, 0.29) is 0 Å². The van der Waals surface area contributed by atoms with Crippen molar-refractivity contribution in [2.45, 2.75) is 96.6 Å². The average molecular weight is 295 g/mol. The van der Waals surface area contributed by atoms with Crippen LogP contribution in [0.4, 0.5) is 0 Å². The molecule has 0 atom stereocenters. The van der Waals surface area contributed by atoms with Crippen molar-refractivity contribution in [2.24, 2.45) is 5.92 Å². The highest BCUT2D eigenvalue weighted by molar-refractivity contribution is 5.05. The molecule has 2 rings (SSSR count). The number of hydrogen-bond donors (Lipinski definition) is 1. The fourth-order valence-electron chi connectivity index (χ4n) is 4.60. The molecule has 0 bridgehead atoms. The monoisotopic (exact) mass is 294 g/mol. The van der Waals surface area contributed by atoms with E-state index < -0.39 is 0 Å². The third-order valence-electron chi connectivity index (χ3n) is 6.73. The molecule has 124 valence electrons. The SMILES string of the molecule is CCC(CC)CN1CC(CC)(CC)NCC12CCCCC2. The lowest BCUT2D eigenvalue weighted by atomic mass is 9.74. The van der Waals surface area contributed by atoms with E-state index in [2.05, 4.69) is 37.9 Å². The number of hydrogen-bond acceptors (Lipinski definition) is 2. The lowest BCUT2D eigenvalue weighted by Crippen LogP contribution is -2.70. The molecule has 0 aromatic carbocycles. The molecule has 1 N–H and O–H groups in total. The molecule has 1 spiro atoms. The summed E-state index contributed by atoms with van der Waals surface area (Å²) in [5.74, 6) is 0.883. The Kier molecular flexibility index (Phi) is 6.14. The standard InChI is InChI=1S/C19H38N2/c1-5-17(6-2)14-21-16-18(7-3,8-4)20-15-19(21)12-10-9-11-13-19/h17,20H,5-16H2,1-4H3. The van der Waals surface area contributed by atoms with Gasteiger partial charge < -0.3 is 5.32 Å². The maximum Gasteiger partial charge on any atom is 0.0335 e. The van der Waals surface area contributed by atoms with E-state index in [1.54, 1.807) is 0 Å². The van der Waals surface area contributed by atoms with E-state index in [9.17, 15) is 0 Å². The van der Waals surface area contributed by atoms with Crippen molar-refractivity contribution in [3.05, 3.63) is 0 Å². The summed E-state index contributed by atoms with van der Waals surface area (Å²) in [5.41, 5.74) is 0.851. The molecule has 1 saturated heterocycles. The van der Waals surface area contributed by atoms with Gasteiger partial charge in [0.2, 0.25) is 0 Å². The molecule has 2 aliphatic rings. The Morgan fingerprint density at radius 2 is 1.57 bits per heavy atom. The van der Waals surface area contributed by atoms with E-state index in [1.807, 2.05) is 0 Å². The van der Waals surface area contributed by atoms with Gasteiger partial charge in [-0.3, -0.25) is 4.90 Å². The van der Waals surface area contributed by atoms with Gasteiger partial charge in [-0.1, -0.05) is 59.8 Å². The molecule has 0 aromatic heterocycles. The van der Waals surface area contributed by atoms with Crippen molar-refractivity contribution in [3.63, 3.8) is 0 Å². The Hall–Kier alpha value is -0.0800. The molecule has 0 aromatic rings. The molecule has 2 heteroatoms. The lowest BCUT2D eigenvalue weighted by molar-refractivity contribution is -0.0315. The van der Waals surface area contributed by atoms with Gasteiger partial charge in [-0.2, -0.15) is 0 Å². The number of rotatable bonds is 6. The van der Waals surface area contributed by atoms with Gasteiger partial charge in [0, 0.05) is 30.7 Å². The van der Waals surface area contributed by atoms with Gasteiger partial charge in [-0.25, -0.2) is 0 Å². The molecule has 0 amide bonds. The first kappa shape index (κ1) is 17.3. The van der Waals surface area contributed by atoms with E-state index in [1.165, 1.54) is 77.4 Å². The third kappa shape index (κ3) is 3.64. The van der Waals surface area contributed by atoms with Gasteiger partial charge in [0.15, 0.2) is 0 Å². The maximum atomic E-state index is 3.99. The number of piperazine rings is 1. The van der Waals surface area contributed by atoms with Crippen molar-refractivity contribution < 1.29 is 0 Å². The first-order valence-corrected chi connectivity index (χ1v) is 9.63. The van der Waals surface area contributed by atoms with Crippen molar-refractivity contribution in [1.82, 2.24) is 10.2 Å². The predicted octanol–water partition coefficient (Wildman–Crippen LogP) is 4.59. The average Bonchev–Trinajstić information content (AvgIpc) is 2.55.